The first-order valence-electron chi connectivity index (χ1n) is 9.26. The summed E-state index contributed by atoms with van der Waals surface area (Å²) < 4.78 is 0.745. The Morgan fingerprint density at radius 3 is 2.68 bits per heavy atom. The van der Waals surface area contributed by atoms with Crippen LogP contribution in [-0.4, -0.2) is 40.6 Å². The second kappa shape index (κ2) is 6.38. The lowest BCUT2D eigenvalue weighted by molar-refractivity contribution is -0.145. The van der Waals surface area contributed by atoms with Gasteiger partial charge in [0, 0.05) is 34.2 Å². The maximum absolute atomic E-state index is 13.4. The van der Waals surface area contributed by atoms with Crippen LogP contribution in [0.5, 0.6) is 0 Å². The van der Waals surface area contributed by atoms with Crippen LogP contribution in [-0.2, 0) is 24.7 Å². The maximum atomic E-state index is 13.4. The van der Waals surface area contributed by atoms with Crippen molar-refractivity contribution in [2.45, 2.75) is 44.3 Å². The lowest BCUT2D eigenvalue weighted by Gasteiger charge is -2.31. The van der Waals surface area contributed by atoms with Gasteiger partial charge in [0.15, 0.2) is 0 Å². The van der Waals surface area contributed by atoms with Gasteiger partial charge in [0.2, 0.25) is 23.6 Å². The van der Waals surface area contributed by atoms with Gasteiger partial charge < -0.3 is 11.1 Å². The number of carbonyl (C=O) groups is 4. The molecule has 4 rings (SSSR count). The van der Waals surface area contributed by atoms with Gasteiger partial charge in [-0.2, -0.15) is 0 Å². The number of nitrogens with one attached hydrogen (secondary N) is 2. The molecule has 0 saturated carbocycles. The summed E-state index contributed by atoms with van der Waals surface area (Å²) in [6.07, 6.45) is 0.471. The standard InChI is InChI=1S/C19H21BrN4O4/c1-3-8(2)24-16(26)14-12(7-13(21)25)23-19(15(14)17(24)27)10-6-9(20)4-5-11(10)22-18(19)28/h4-6,8,12,14-15,23H,3,7H2,1-2H3,(H2,21,25)(H,22,28)/t8-,12-,14+,15-,19+/m0/s1. The summed E-state index contributed by atoms with van der Waals surface area (Å²) in [6, 6.07) is 4.33. The first-order valence-corrected chi connectivity index (χ1v) is 10.1. The minimum Gasteiger partial charge on any atom is -0.370 e. The molecule has 0 radical (unpaired) electrons. The zero-order valence-corrected chi connectivity index (χ0v) is 17.1. The smallest absolute Gasteiger partial charge is 0.250 e. The number of anilines is 1. The van der Waals surface area contributed by atoms with E-state index in [1.54, 1.807) is 25.1 Å². The molecule has 3 aliphatic rings. The number of imide groups is 1. The Bertz CT molecular complexity index is 919. The molecule has 1 aromatic rings. The van der Waals surface area contributed by atoms with E-state index in [1.807, 2.05) is 6.92 Å². The third kappa shape index (κ3) is 2.39. The largest absolute Gasteiger partial charge is 0.370 e. The number of nitrogens with two attached hydrogens (primary N) is 1. The number of fused-ring (bicyclic) bond motifs is 4. The Balaban J connectivity index is 1.90. The van der Waals surface area contributed by atoms with Crippen molar-refractivity contribution in [1.29, 1.82) is 0 Å². The van der Waals surface area contributed by atoms with E-state index >= 15 is 0 Å². The molecule has 5 atom stereocenters. The molecule has 1 aromatic carbocycles. The highest BCUT2D eigenvalue weighted by molar-refractivity contribution is 9.10. The van der Waals surface area contributed by atoms with Gasteiger partial charge >= 0.3 is 0 Å². The Hall–Kier alpha value is -2.26. The van der Waals surface area contributed by atoms with Crippen LogP contribution in [0.4, 0.5) is 5.69 Å². The molecule has 148 valence electrons. The molecular formula is C19H21BrN4O4. The highest BCUT2D eigenvalue weighted by Gasteiger charge is 2.70. The lowest BCUT2D eigenvalue weighted by atomic mass is 9.76. The average molecular weight is 449 g/mol. The lowest BCUT2D eigenvalue weighted by Crippen LogP contribution is -2.54. The summed E-state index contributed by atoms with van der Waals surface area (Å²) >= 11 is 3.41. The fourth-order valence-electron chi connectivity index (χ4n) is 4.80. The molecule has 2 fully saturated rings. The molecular weight excluding hydrogens is 428 g/mol. The highest BCUT2D eigenvalue weighted by Crippen LogP contribution is 2.54. The number of hydrogen-bond donors (Lipinski definition) is 3. The maximum Gasteiger partial charge on any atom is 0.250 e. The molecule has 8 nitrogen and oxygen atoms in total. The van der Waals surface area contributed by atoms with Crippen LogP contribution in [0.15, 0.2) is 22.7 Å². The Kier molecular flexibility index (Phi) is 4.35. The molecule has 4 amide bonds. The van der Waals surface area contributed by atoms with E-state index in [0.717, 1.165) is 4.47 Å². The monoisotopic (exact) mass is 448 g/mol. The first kappa shape index (κ1) is 19.1. The van der Waals surface area contributed by atoms with Gasteiger partial charge in [-0.25, -0.2) is 0 Å². The van der Waals surface area contributed by atoms with Gasteiger partial charge in [-0.05, 0) is 31.5 Å². The van der Waals surface area contributed by atoms with Crippen molar-refractivity contribution in [2.24, 2.45) is 17.6 Å². The Labute approximate surface area is 170 Å². The first-order chi connectivity index (χ1) is 13.2. The second-order valence-electron chi connectivity index (χ2n) is 7.68. The molecule has 3 heterocycles. The van der Waals surface area contributed by atoms with Crippen LogP contribution >= 0.6 is 15.9 Å². The highest BCUT2D eigenvalue weighted by atomic mass is 79.9. The number of amides is 4. The second-order valence-corrected chi connectivity index (χ2v) is 8.60. The fourth-order valence-corrected chi connectivity index (χ4v) is 5.17. The zero-order chi connectivity index (χ0) is 20.4. The third-order valence-electron chi connectivity index (χ3n) is 6.16. The van der Waals surface area contributed by atoms with E-state index in [-0.39, 0.29) is 24.3 Å². The van der Waals surface area contributed by atoms with E-state index in [9.17, 15) is 19.2 Å². The van der Waals surface area contributed by atoms with Crippen molar-refractivity contribution in [1.82, 2.24) is 10.2 Å². The molecule has 0 unspecified atom stereocenters. The molecule has 9 heteroatoms. The van der Waals surface area contributed by atoms with Crippen LogP contribution in [0.25, 0.3) is 0 Å². The number of benzene rings is 1. The minimum atomic E-state index is -1.40. The molecule has 0 bridgehead atoms. The van der Waals surface area contributed by atoms with Gasteiger partial charge in [-0.1, -0.05) is 22.9 Å². The predicted octanol–water partition coefficient (Wildman–Crippen LogP) is 0.843. The molecule has 3 aliphatic heterocycles. The fraction of sp³-hybridized carbons (Fsp3) is 0.474. The van der Waals surface area contributed by atoms with Gasteiger partial charge in [0.25, 0.3) is 0 Å². The summed E-state index contributed by atoms with van der Waals surface area (Å²) in [5.74, 6) is -3.46. The van der Waals surface area contributed by atoms with Crippen molar-refractivity contribution in [3.63, 3.8) is 0 Å². The van der Waals surface area contributed by atoms with E-state index < -0.39 is 35.2 Å². The minimum absolute atomic E-state index is 0.132. The quantitative estimate of drug-likeness (QED) is 0.589. The molecule has 1 spiro atoms. The van der Waals surface area contributed by atoms with Crippen LogP contribution in [0, 0.1) is 11.8 Å². The van der Waals surface area contributed by atoms with Crippen molar-refractivity contribution in [3.05, 3.63) is 28.2 Å². The summed E-state index contributed by atoms with van der Waals surface area (Å²) in [5, 5.41) is 5.99. The number of primary amides is 1. The normalized spacial score (nSPS) is 31.9. The topological polar surface area (TPSA) is 122 Å². The number of carbonyl (C=O) groups excluding carboxylic acids is 4. The number of likely N-dealkylation sites (tertiary alicyclic amines) is 1. The third-order valence-corrected chi connectivity index (χ3v) is 6.66. The average Bonchev–Trinajstić information content (AvgIpc) is 3.20. The molecule has 4 N–H and O–H groups in total. The molecule has 28 heavy (non-hydrogen) atoms. The van der Waals surface area contributed by atoms with E-state index in [4.69, 9.17) is 5.73 Å². The van der Waals surface area contributed by atoms with Crippen LogP contribution in [0.1, 0.15) is 32.3 Å². The van der Waals surface area contributed by atoms with Crippen molar-refractivity contribution < 1.29 is 19.2 Å². The SMILES string of the molecule is CC[C@H](C)N1C(=O)[C@@H]2[C@H](CC(N)=O)N[C@@]3(C(=O)Nc4ccc(Br)cc43)[C@@H]2C1=O. The summed E-state index contributed by atoms with van der Waals surface area (Å²) in [4.78, 5) is 52.6. The van der Waals surface area contributed by atoms with Gasteiger partial charge in [0.05, 0.1) is 11.8 Å². The molecule has 2 saturated heterocycles. The Morgan fingerprint density at radius 1 is 1.32 bits per heavy atom. The summed E-state index contributed by atoms with van der Waals surface area (Å²) in [6.45, 7) is 3.70. The van der Waals surface area contributed by atoms with E-state index in [0.29, 0.717) is 17.7 Å². The number of nitrogens with zero attached hydrogens (tertiary/aromatic N) is 1. The van der Waals surface area contributed by atoms with Crippen molar-refractivity contribution in [2.75, 3.05) is 5.32 Å². The summed E-state index contributed by atoms with van der Waals surface area (Å²) in [5.41, 5.74) is 5.18. The van der Waals surface area contributed by atoms with Gasteiger partial charge in [-0.3, -0.25) is 29.4 Å². The zero-order valence-electron chi connectivity index (χ0n) is 15.5. The summed E-state index contributed by atoms with van der Waals surface area (Å²) in [7, 11) is 0. The number of rotatable bonds is 4. The van der Waals surface area contributed by atoms with Crippen LogP contribution in [0.2, 0.25) is 0 Å². The number of hydrogen-bond acceptors (Lipinski definition) is 5. The van der Waals surface area contributed by atoms with Crippen molar-refractivity contribution in [3.8, 4) is 0 Å². The van der Waals surface area contributed by atoms with Gasteiger partial charge in [-0.15, -0.1) is 0 Å². The molecule has 0 aliphatic carbocycles. The predicted molar refractivity (Wildman–Crippen MR) is 104 cm³/mol. The Morgan fingerprint density at radius 2 is 2.04 bits per heavy atom. The van der Waals surface area contributed by atoms with E-state index in [1.165, 1.54) is 4.90 Å². The van der Waals surface area contributed by atoms with E-state index in [2.05, 4.69) is 26.6 Å². The van der Waals surface area contributed by atoms with Crippen LogP contribution < -0.4 is 16.4 Å². The van der Waals surface area contributed by atoms with Crippen LogP contribution in [0.3, 0.4) is 0 Å². The van der Waals surface area contributed by atoms with Crippen molar-refractivity contribution >= 4 is 45.2 Å². The number of halogens is 1. The molecule has 0 aromatic heterocycles. The van der Waals surface area contributed by atoms with Gasteiger partial charge in [0.1, 0.15) is 5.54 Å².